The fraction of sp³-hybridized carbons (Fsp3) is 0.154. The van der Waals surface area contributed by atoms with E-state index >= 15 is 0 Å². The number of hydrogen-bond acceptors (Lipinski definition) is 6. The normalized spacial score (nSPS) is 12.1. The number of hydrogen-bond donors (Lipinski definition) is 2. The van der Waals surface area contributed by atoms with Crippen LogP contribution in [0.1, 0.15) is 30.5 Å². The monoisotopic (exact) mass is 473 g/mol. The van der Waals surface area contributed by atoms with E-state index < -0.39 is 7.60 Å². The van der Waals surface area contributed by atoms with Crippen molar-refractivity contribution in [3.05, 3.63) is 89.5 Å². The van der Waals surface area contributed by atoms with Gasteiger partial charge in [0, 0.05) is 16.5 Å². The van der Waals surface area contributed by atoms with Gasteiger partial charge in [0.05, 0.1) is 47.1 Å². The van der Waals surface area contributed by atoms with Crippen LogP contribution in [-0.4, -0.2) is 29.0 Å². The molecule has 0 aliphatic carbocycles. The smallest absolute Gasteiger partial charge is 0.361 e. The lowest BCUT2D eigenvalue weighted by atomic mass is 10.0. The molecule has 0 saturated heterocycles. The number of nitrogens with one attached hydrogen (secondary N) is 1. The van der Waals surface area contributed by atoms with E-state index in [2.05, 4.69) is 11.1 Å². The molecule has 2 N–H and O–H groups in total. The van der Waals surface area contributed by atoms with E-state index in [0.717, 1.165) is 5.56 Å². The number of rotatable bonds is 8. The Balaban J connectivity index is 1.94. The molecule has 0 fully saturated rings. The highest BCUT2D eigenvalue weighted by atomic mass is 31.2. The van der Waals surface area contributed by atoms with Crippen LogP contribution in [0.15, 0.2) is 77.8 Å². The van der Waals surface area contributed by atoms with Gasteiger partial charge < -0.3 is 19.1 Å². The number of aromatic nitrogens is 1. The molecular weight excluding hydrogens is 449 g/mol. The Hall–Kier alpha value is -3.69. The Morgan fingerprint density at radius 2 is 1.71 bits per heavy atom. The van der Waals surface area contributed by atoms with Crippen molar-refractivity contribution in [2.45, 2.75) is 13.8 Å². The Morgan fingerprint density at radius 3 is 2.32 bits per heavy atom. The number of aliphatic imine (C=N–C) groups is 1. The van der Waals surface area contributed by atoms with Gasteiger partial charge >= 0.3 is 7.60 Å². The zero-order valence-corrected chi connectivity index (χ0v) is 19.8. The second kappa shape index (κ2) is 10.1. The van der Waals surface area contributed by atoms with Gasteiger partial charge in [-0.3, -0.25) is 4.57 Å². The molecule has 8 heteroatoms. The van der Waals surface area contributed by atoms with E-state index in [-0.39, 0.29) is 19.1 Å². The third-order valence-electron chi connectivity index (χ3n) is 5.20. The van der Waals surface area contributed by atoms with Crippen LogP contribution in [0.2, 0.25) is 0 Å². The summed E-state index contributed by atoms with van der Waals surface area (Å²) in [6, 6.07) is 23.6. The fourth-order valence-corrected chi connectivity index (χ4v) is 5.30. The lowest BCUT2D eigenvalue weighted by Crippen LogP contribution is -2.11. The third-order valence-corrected chi connectivity index (χ3v) is 7.30. The van der Waals surface area contributed by atoms with Gasteiger partial charge in [0.15, 0.2) is 5.88 Å². The zero-order valence-electron chi connectivity index (χ0n) is 18.9. The summed E-state index contributed by atoms with van der Waals surface area (Å²) >= 11 is 0. The molecule has 34 heavy (non-hydrogen) atoms. The number of benzene rings is 3. The molecule has 0 unspecified atom stereocenters. The van der Waals surface area contributed by atoms with Crippen molar-refractivity contribution in [1.82, 2.24) is 4.98 Å². The summed E-state index contributed by atoms with van der Waals surface area (Å²) in [7, 11) is -3.53. The average Bonchev–Trinajstić information content (AvgIpc) is 3.18. The highest BCUT2D eigenvalue weighted by Gasteiger charge is 2.28. The SMILES string of the molecule is CCOP(=O)(OCC)c1ccc2[nH]c(O)c(C(=Nc3ccc(C#N)cc3)c3ccccc3)c2c1. The van der Waals surface area contributed by atoms with Crippen LogP contribution in [0.5, 0.6) is 5.88 Å². The molecule has 4 rings (SSSR count). The third kappa shape index (κ3) is 4.66. The van der Waals surface area contributed by atoms with E-state index in [4.69, 9.17) is 19.3 Å². The lowest BCUT2D eigenvalue weighted by molar-refractivity contribution is 0.230. The fourth-order valence-electron chi connectivity index (χ4n) is 3.70. The van der Waals surface area contributed by atoms with Crippen LogP contribution >= 0.6 is 7.60 Å². The van der Waals surface area contributed by atoms with Gasteiger partial charge in [-0.25, -0.2) is 4.99 Å². The maximum absolute atomic E-state index is 13.4. The molecule has 0 saturated carbocycles. The summed E-state index contributed by atoms with van der Waals surface area (Å²) in [6.45, 7) is 3.98. The van der Waals surface area contributed by atoms with Gasteiger partial charge in [0.2, 0.25) is 0 Å². The molecule has 1 heterocycles. The molecule has 0 aliphatic rings. The van der Waals surface area contributed by atoms with Crippen molar-refractivity contribution in [3.8, 4) is 11.9 Å². The first-order valence-corrected chi connectivity index (χ1v) is 12.4. The van der Waals surface area contributed by atoms with E-state index in [1.165, 1.54) is 0 Å². The van der Waals surface area contributed by atoms with Crippen molar-refractivity contribution < 1.29 is 18.7 Å². The van der Waals surface area contributed by atoms with Crippen molar-refractivity contribution in [3.63, 3.8) is 0 Å². The predicted octanol–water partition coefficient (Wildman–Crippen LogP) is 5.81. The Kier molecular flexibility index (Phi) is 6.95. The van der Waals surface area contributed by atoms with Crippen LogP contribution in [0.4, 0.5) is 5.69 Å². The van der Waals surface area contributed by atoms with Crippen molar-refractivity contribution in [1.29, 1.82) is 5.26 Å². The quantitative estimate of drug-likeness (QED) is 0.248. The molecule has 7 nitrogen and oxygen atoms in total. The number of fused-ring (bicyclic) bond motifs is 1. The molecular formula is C26H24N3O4P. The minimum Gasteiger partial charge on any atom is -0.494 e. The number of aromatic amines is 1. The van der Waals surface area contributed by atoms with Crippen LogP contribution < -0.4 is 5.30 Å². The second-order valence-electron chi connectivity index (χ2n) is 7.40. The maximum Gasteiger partial charge on any atom is 0.361 e. The minimum absolute atomic E-state index is 0.0638. The number of aromatic hydroxyl groups is 1. The summed E-state index contributed by atoms with van der Waals surface area (Å²) in [6.07, 6.45) is 0. The molecule has 0 amide bonds. The van der Waals surface area contributed by atoms with Crippen molar-refractivity contribution in [2.75, 3.05) is 13.2 Å². The standard InChI is InChI=1S/C26H24N3O4P/c1-3-32-34(31,33-4-2)21-14-15-23-22(16-21)24(26(30)29-23)25(19-8-6-5-7-9-19)28-20-12-10-18(17-27)11-13-20/h5-16,29-30H,3-4H2,1-2H3. The molecule has 0 bridgehead atoms. The number of H-pyrrole nitrogens is 1. The Morgan fingerprint density at radius 1 is 1.03 bits per heavy atom. The van der Waals surface area contributed by atoms with E-state index in [1.807, 2.05) is 30.3 Å². The summed E-state index contributed by atoms with van der Waals surface area (Å²) in [5, 5.41) is 21.0. The van der Waals surface area contributed by atoms with E-state index in [0.29, 0.717) is 38.7 Å². The topological polar surface area (TPSA) is 108 Å². The Labute approximate surface area is 197 Å². The summed E-state index contributed by atoms with van der Waals surface area (Å²) in [5.41, 5.74) is 3.57. The second-order valence-corrected chi connectivity index (χ2v) is 9.42. The molecule has 0 radical (unpaired) electrons. The van der Waals surface area contributed by atoms with Gasteiger partial charge in [-0.05, 0) is 56.3 Å². The number of nitrogens with zero attached hydrogens (tertiary/aromatic N) is 2. The molecule has 172 valence electrons. The number of nitriles is 1. The van der Waals surface area contributed by atoms with Gasteiger partial charge in [-0.2, -0.15) is 5.26 Å². The predicted molar refractivity (Wildman–Crippen MR) is 133 cm³/mol. The van der Waals surface area contributed by atoms with Gasteiger partial charge in [-0.15, -0.1) is 0 Å². The average molecular weight is 473 g/mol. The first-order valence-electron chi connectivity index (χ1n) is 10.9. The van der Waals surface area contributed by atoms with E-state index in [1.54, 1.807) is 56.3 Å². The molecule has 3 aromatic carbocycles. The van der Waals surface area contributed by atoms with Crippen molar-refractivity contribution in [2.24, 2.45) is 4.99 Å². The molecule has 4 aromatic rings. The molecule has 0 atom stereocenters. The minimum atomic E-state index is -3.53. The first kappa shape index (κ1) is 23.5. The molecule has 1 aromatic heterocycles. The van der Waals surface area contributed by atoms with Gasteiger partial charge in [0.25, 0.3) is 0 Å². The highest BCUT2D eigenvalue weighted by Crippen LogP contribution is 2.47. The summed E-state index contributed by atoms with van der Waals surface area (Å²) in [5.74, 6) is -0.0638. The van der Waals surface area contributed by atoms with Gasteiger partial charge in [0.1, 0.15) is 0 Å². The van der Waals surface area contributed by atoms with Crippen molar-refractivity contribution >= 4 is 35.2 Å². The summed E-state index contributed by atoms with van der Waals surface area (Å²) in [4.78, 5) is 7.80. The first-order chi connectivity index (χ1) is 16.5. The van der Waals surface area contributed by atoms with E-state index in [9.17, 15) is 9.67 Å². The maximum atomic E-state index is 13.4. The molecule has 0 aliphatic heterocycles. The highest BCUT2D eigenvalue weighted by molar-refractivity contribution is 7.62. The van der Waals surface area contributed by atoms with Crippen LogP contribution in [0.3, 0.4) is 0 Å². The molecule has 0 spiro atoms. The van der Waals surface area contributed by atoms with Crippen LogP contribution in [0.25, 0.3) is 10.9 Å². The zero-order chi connectivity index (χ0) is 24.1. The largest absolute Gasteiger partial charge is 0.494 e. The Bertz CT molecular complexity index is 1410. The summed E-state index contributed by atoms with van der Waals surface area (Å²) < 4.78 is 24.4. The lowest BCUT2D eigenvalue weighted by Gasteiger charge is -2.17. The van der Waals surface area contributed by atoms with Gasteiger partial charge in [-0.1, -0.05) is 30.3 Å². The van der Waals surface area contributed by atoms with Crippen LogP contribution in [-0.2, 0) is 13.6 Å². The van der Waals surface area contributed by atoms with Crippen LogP contribution in [0, 0.1) is 11.3 Å².